The van der Waals surface area contributed by atoms with Gasteiger partial charge >= 0.3 is 0 Å². The normalized spacial score (nSPS) is 19.9. The first-order valence-corrected chi connectivity index (χ1v) is 8.28. The molecule has 3 heterocycles. The number of hydrogen-bond donors (Lipinski definition) is 1. The van der Waals surface area contributed by atoms with Crippen molar-refractivity contribution in [2.45, 2.75) is 51.5 Å². The molecule has 0 radical (unpaired) electrons. The highest BCUT2D eigenvalue weighted by Crippen LogP contribution is 2.29. The summed E-state index contributed by atoms with van der Waals surface area (Å²) in [6.45, 7) is 6.45. The maximum atomic E-state index is 4.72. The van der Waals surface area contributed by atoms with E-state index in [0.717, 1.165) is 37.6 Å². The van der Waals surface area contributed by atoms with Gasteiger partial charge in [-0.25, -0.2) is 4.98 Å². The van der Waals surface area contributed by atoms with Crippen LogP contribution >= 0.6 is 0 Å². The van der Waals surface area contributed by atoms with E-state index in [-0.39, 0.29) is 0 Å². The van der Waals surface area contributed by atoms with E-state index in [4.69, 9.17) is 4.98 Å². The Balaban J connectivity index is 1.69. The third-order valence-electron chi connectivity index (χ3n) is 4.54. The molecule has 2 aromatic rings. The fraction of sp³-hybridized carbons (Fsp3) is 0.688. The number of nitrogens with zero attached hydrogens (tertiary/aromatic N) is 5. The Morgan fingerprint density at radius 2 is 2.23 bits per heavy atom. The van der Waals surface area contributed by atoms with Gasteiger partial charge in [0.15, 0.2) is 5.82 Å². The minimum atomic E-state index is 0.372. The third-order valence-corrected chi connectivity index (χ3v) is 4.54. The van der Waals surface area contributed by atoms with Crippen LogP contribution in [0.25, 0.3) is 0 Å². The molecule has 22 heavy (non-hydrogen) atoms. The summed E-state index contributed by atoms with van der Waals surface area (Å²) in [5.74, 6) is 2.33. The van der Waals surface area contributed by atoms with E-state index >= 15 is 0 Å². The largest absolute Gasteiger partial charge is 0.293 e. The molecule has 0 aliphatic carbocycles. The van der Waals surface area contributed by atoms with Gasteiger partial charge in [-0.2, -0.15) is 10.2 Å². The van der Waals surface area contributed by atoms with Gasteiger partial charge in [-0.15, -0.1) is 0 Å². The topological polar surface area (TPSA) is 62.6 Å². The van der Waals surface area contributed by atoms with Crippen LogP contribution in [0.5, 0.6) is 0 Å². The summed E-state index contributed by atoms with van der Waals surface area (Å²) in [5, 5.41) is 11.8. The number of H-pyrrole nitrogens is 1. The zero-order valence-corrected chi connectivity index (χ0v) is 13.8. The average molecular weight is 302 g/mol. The maximum Gasteiger partial charge on any atom is 0.153 e. The smallest absolute Gasteiger partial charge is 0.153 e. The molecule has 1 N–H and O–H groups in total. The van der Waals surface area contributed by atoms with E-state index in [9.17, 15) is 0 Å². The van der Waals surface area contributed by atoms with Gasteiger partial charge in [-0.1, -0.05) is 20.3 Å². The third kappa shape index (κ3) is 3.21. The van der Waals surface area contributed by atoms with Crippen molar-refractivity contribution in [2.75, 3.05) is 13.1 Å². The molecular weight excluding hydrogens is 276 g/mol. The van der Waals surface area contributed by atoms with Crippen LogP contribution in [-0.2, 0) is 13.5 Å². The van der Waals surface area contributed by atoms with Crippen molar-refractivity contribution in [3.63, 3.8) is 0 Å². The molecule has 3 rings (SSSR count). The number of piperidine rings is 1. The maximum absolute atomic E-state index is 4.72. The Morgan fingerprint density at radius 1 is 1.36 bits per heavy atom. The Morgan fingerprint density at radius 3 is 2.91 bits per heavy atom. The van der Waals surface area contributed by atoms with Gasteiger partial charge in [0.2, 0.25) is 0 Å². The molecule has 0 aromatic carbocycles. The Hall–Kier alpha value is -1.69. The van der Waals surface area contributed by atoms with Gasteiger partial charge in [-0.05, 0) is 25.5 Å². The van der Waals surface area contributed by atoms with Gasteiger partial charge < -0.3 is 0 Å². The highest BCUT2D eigenvalue weighted by atomic mass is 15.3. The minimum absolute atomic E-state index is 0.372. The monoisotopic (exact) mass is 302 g/mol. The van der Waals surface area contributed by atoms with Crippen LogP contribution in [0, 0.1) is 0 Å². The predicted molar refractivity (Wildman–Crippen MR) is 85.5 cm³/mol. The fourth-order valence-corrected chi connectivity index (χ4v) is 3.17. The quantitative estimate of drug-likeness (QED) is 0.921. The van der Waals surface area contributed by atoms with E-state index < -0.39 is 0 Å². The van der Waals surface area contributed by atoms with Crippen LogP contribution < -0.4 is 0 Å². The van der Waals surface area contributed by atoms with E-state index in [2.05, 4.69) is 40.1 Å². The molecule has 0 amide bonds. The molecule has 0 saturated carbocycles. The number of nitrogens with one attached hydrogen (secondary N) is 1. The van der Waals surface area contributed by atoms with Crippen molar-refractivity contribution >= 4 is 0 Å². The second-order valence-corrected chi connectivity index (χ2v) is 6.48. The molecular formula is C16H26N6. The highest BCUT2D eigenvalue weighted by molar-refractivity contribution is 5.04. The molecule has 6 nitrogen and oxygen atoms in total. The van der Waals surface area contributed by atoms with Crippen LogP contribution in [0.4, 0.5) is 0 Å². The second kappa shape index (κ2) is 6.60. The van der Waals surface area contributed by atoms with Crippen molar-refractivity contribution in [3.8, 4) is 0 Å². The first kappa shape index (κ1) is 15.2. The number of hydrogen-bond acceptors (Lipinski definition) is 4. The lowest BCUT2D eigenvalue weighted by molar-refractivity contribution is 0.143. The lowest BCUT2D eigenvalue weighted by Crippen LogP contribution is -2.35. The Labute approximate surface area is 131 Å². The SMILES string of the molecule is CC(C)c1n[nH]c([C@H]2CCCCN2CCc2ccnn2C)n1. The van der Waals surface area contributed by atoms with Crippen LogP contribution in [0.15, 0.2) is 12.3 Å². The van der Waals surface area contributed by atoms with Crippen LogP contribution in [0.1, 0.15) is 62.4 Å². The number of aromatic nitrogens is 5. The molecule has 0 spiro atoms. The van der Waals surface area contributed by atoms with Gasteiger partial charge in [0.1, 0.15) is 5.82 Å². The van der Waals surface area contributed by atoms with E-state index in [1.807, 2.05) is 17.9 Å². The van der Waals surface area contributed by atoms with E-state index in [0.29, 0.717) is 12.0 Å². The molecule has 1 saturated heterocycles. The summed E-state index contributed by atoms with van der Waals surface area (Å²) in [5.41, 5.74) is 1.28. The fourth-order valence-electron chi connectivity index (χ4n) is 3.17. The first-order chi connectivity index (χ1) is 10.6. The zero-order chi connectivity index (χ0) is 15.5. The van der Waals surface area contributed by atoms with E-state index in [1.54, 1.807) is 0 Å². The van der Waals surface area contributed by atoms with Crippen LogP contribution in [-0.4, -0.2) is 43.0 Å². The van der Waals surface area contributed by atoms with Gasteiger partial charge in [0.25, 0.3) is 0 Å². The Bertz CT molecular complexity index is 599. The molecule has 0 unspecified atom stereocenters. The molecule has 1 atom stereocenters. The highest BCUT2D eigenvalue weighted by Gasteiger charge is 2.27. The Kier molecular flexibility index (Phi) is 4.57. The lowest BCUT2D eigenvalue weighted by Gasteiger charge is -2.34. The molecule has 1 aliphatic heterocycles. The number of rotatable bonds is 5. The standard InChI is InChI=1S/C16H26N6/c1-12(2)15-18-16(20-19-15)14-6-4-5-10-22(14)11-8-13-7-9-17-21(13)3/h7,9,12,14H,4-6,8,10-11H2,1-3H3,(H,18,19,20)/t14-/m1/s1. The van der Waals surface area contributed by atoms with Gasteiger partial charge in [0.05, 0.1) is 6.04 Å². The predicted octanol–water partition coefficient (Wildman–Crippen LogP) is 2.43. The zero-order valence-electron chi connectivity index (χ0n) is 13.8. The lowest BCUT2D eigenvalue weighted by atomic mass is 10.0. The van der Waals surface area contributed by atoms with Gasteiger partial charge in [0, 0.05) is 37.8 Å². The number of aryl methyl sites for hydroxylation is 1. The minimum Gasteiger partial charge on any atom is -0.293 e. The van der Waals surface area contributed by atoms with Crippen LogP contribution in [0.2, 0.25) is 0 Å². The molecule has 120 valence electrons. The molecule has 1 aliphatic rings. The number of aromatic amines is 1. The van der Waals surface area contributed by atoms with Crippen molar-refractivity contribution in [3.05, 3.63) is 29.6 Å². The van der Waals surface area contributed by atoms with Crippen LogP contribution in [0.3, 0.4) is 0 Å². The van der Waals surface area contributed by atoms with Crippen molar-refractivity contribution in [1.82, 2.24) is 29.9 Å². The van der Waals surface area contributed by atoms with E-state index in [1.165, 1.54) is 18.5 Å². The summed E-state index contributed by atoms with van der Waals surface area (Å²) in [6.07, 6.45) is 6.60. The number of likely N-dealkylation sites (tertiary alicyclic amines) is 1. The summed E-state index contributed by atoms with van der Waals surface area (Å²) >= 11 is 0. The molecule has 1 fully saturated rings. The molecule has 6 heteroatoms. The summed E-state index contributed by atoms with van der Waals surface area (Å²) in [4.78, 5) is 7.26. The summed E-state index contributed by atoms with van der Waals surface area (Å²) < 4.78 is 1.96. The molecule has 2 aromatic heterocycles. The van der Waals surface area contributed by atoms with Crippen molar-refractivity contribution in [1.29, 1.82) is 0 Å². The first-order valence-electron chi connectivity index (χ1n) is 8.28. The average Bonchev–Trinajstić information content (AvgIpc) is 3.14. The molecule has 0 bridgehead atoms. The van der Waals surface area contributed by atoms with Crippen molar-refractivity contribution in [2.24, 2.45) is 7.05 Å². The van der Waals surface area contributed by atoms with Crippen molar-refractivity contribution < 1.29 is 0 Å². The summed E-state index contributed by atoms with van der Waals surface area (Å²) in [7, 11) is 2.01. The second-order valence-electron chi connectivity index (χ2n) is 6.48. The summed E-state index contributed by atoms with van der Waals surface area (Å²) in [6, 6.07) is 2.48. The van der Waals surface area contributed by atoms with Gasteiger partial charge in [-0.3, -0.25) is 14.7 Å².